The number of oxime groups is 1. The molecule has 1 fully saturated rings. The molecule has 3 nitrogen and oxygen atoms in total. The van der Waals surface area contributed by atoms with E-state index in [4.69, 9.17) is 28.0 Å². The number of halogens is 2. The fourth-order valence-corrected chi connectivity index (χ4v) is 4.12. The van der Waals surface area contributed by atoms with E-state index in [9.17, 15) is 4.79 Å². The van der Waals surface area contributed by atoms with Gasteiger partial charge in [0.05, 0.1) is 11.6 Å². The first-order valence-corrected chi connectivity index (χ1v) is 7.21. The maximum atomic E-state index is 11.3. The molecule has 0 amide bonds. The molecule has 2 aliphatic heterocycles. The summed E-state index contributed by atoms with van der Waals surface area (Å²) in [6.45, 7) is 0. The fourth-order valence-electron chi connectivity index (χ4n) is 2.33. The van der Waals surface area contributed by atoms with Gasteiger partial charge in [-0.25, -0.2) is 0 Å². The molecular formula is C12H9Cl2NO2S. The average Bonchev–Trinajstić information content (AvgIpc) is 2.85. The molecule has 3 rings (SSSR count). The minimum Gasteiger partial charge on any atom is -0.369 e. The number of benzene rings is 1. The quantitative estimate of drug-likeness (QED) is 0.786. The van der Waals surface area contributed by atoms with Crippen LogP contribution in [0, 0.1) is 5.92 Å². The number of carbonyl (C=O) groups is 1. The number of hydrogen-bond acceptors (Lipinski definition) is 4. The summed E-state index contributed by atoms with van der Waals surface area (Å²) in [4.78, 5) is 15.8. The Morgan fingerprint density at radius 3 is 2.78 bits per heavy atom. The van der Waals surface area contributed by atoms with E-state index in [1.165, 1.54) is 11.8 Å². The predicted molar refractivity (Wildman–Crippen MR) is 73.4 cm³/mol. The summed E-state index contributed by atoms with van der Waals surface area (Å²) in [6.07, 6.45) is 1.71. The van der Waals surface area contributed by atoms with Gasteiger partial charge in [-0.15, -0.1) is 11.8 Å². The lowest BCUT2D eigenvalue weighted by molar-refractivity contribution is -0.120. The van der Waals surface area contributed by atoms with Gasteiger partial charge in [0.25, 0.3) is 0 Å². The molecule has 0 saturated carbocycles. The fraction of sp³-hybridized carbons (Fsp3) is 0.333. The molecule has 0 radical (unpaired) electrons. The Morgan fingerprint density at radius 1 is 1.39 bits per heavy atom. The largest absolute Gasteiger partial charge is 0.369 e. The molecule has 6 heteroatoms. The molecule has 18 heavy (non-hydrogen) atoms. The molecule has 0 spiro atoms. The van der Waals surface area contributed by atoms with Gasteiger partial charge in [-0.05, 0) is 30.4 Å². The molecule has 2 atom stereocenters. The molecule has 1 saturated heterocycles. The van der Waals surface area contributed by atoms with Crippen molar-refractivity contribution in [2.24, 2.45) is 11.1 Å². The van der Waals surface area contributed by atoms with Crippen LogP contribution >= 0.6 is 35.0 Å². The Morgan fingerprint density at radius 2 is 2.11 bits per heavy atom. The average molecular weight is 302 g/mol. The standard InChI is InChI=1S/C12H9Cl2NO2S/c13-8-3-7(4-9(14)5-8)11-10-1-2-18-12(10,6-16)17-15-11/h3-6,10H,1-2H2. The number of rotatable bonds is 2. The highest BCUT2D eigenvalue weighted by molar-refractivity contribution is 8.01. The van der Waals surface area contributed by atoms with Crippen molar-refractivity contribution in [2.45, 2.75) is 11.4 Å². The lowest BCUT2D eigenvalue weighted by Gasteiger charge is -2.18. The van der Waals surface area contributed by atoms with E-state index in [0.29, 0.717) is 10.0 Å². The lowest BCUT2D eigenvalue weighted by atomic mass is 9.90. The summed E-state index contributed by atoms with van der Waals surface area (Å²) in [7, 11) is 0. The van der Waals surface area contributed by atoms with E-state index in [2.05, 4.69) is 5.16 Å². The number of fused-ring (bicyclic) bond motifs is 1. The number of nitrogens with zero attached hydrogens (tertiary/aromatic N) is 1. The normalized spacial score (nSPS) is 29.7. The topological polar surface area (TPSA) is 38.7 Å². The second-order valence-corrected chi connectivity index (χ2v) is 6.46. The number of thioether (sulfide) groups is 1. The van der Waals surface area contributed by atoms with Crippen LogP contribution in [0.25, 0.3) is 0 Å². The second kappa shape index (κ2) is 4.44. The van der Waals surface area contributed by atoms with Crippen LogP contribution in [0.3, 0.4) is 0 Å². The van der Waals surface area contributed by atoms with E-state index in [1.54, 1.807) is 18.2 Å². The smallest absolute Gasteiger partial charge is 0.246 e. The van der Waals surface area contributed by atoms with Crippen LogP contribution in [0.5, 0.6) is 0 Å². The zero-order valence-electron chi connectivity index (χ0n) is 9.23. The van der Waals surface area contributed by atoms with Crippen molar-refractivity contribution < 1.29 is 9.63 Å². The third-order valence-electron chi connectivity index (χ3n) is 3.16. The van der Waals surface area contributed by atoms with Crippen molar-refractivity contribution in [2.75, 3.05) is 5.75 Å². The first kappa shape index (κ1) is 12.3. The van der Waals surface area contributed by atoms with Crippen LogP contribution < -0.4 is 0 Å². The third kappa shape index (κ3) is 1.83. The minimum atomic E-state index is -0.843. The van der Waals surface area contributed by atoms with Crippen molar-refractivity contribution in [3.63, 3.8) is 0 Å². The molecule has 1 aromatic carbocycles. The zero-order chi connectivity index (χ0) is 12.8. The van der Waals surface area contributed by atoms with Crippen molar-refractivity contribution in [1.82, 2.24) is 0 Å². The molecule has 0 N–H and O–H groups in total. The summed E-state index contributed by atoms with van der Waals surface area (Å²) in [5.41, 5.74) is 1.58. The van der Waals surface area contributed by atoms with Crippen LogP contribution in [0.2, 0.25) is 10.0 Å². The van der Waals surface area contributed by atoms with Crippen LogP contribution in [-0.4, -0.2) is 22.7 Å². The van der Waals surface area contributed by atoms with E-state index >= 15 is 0 Å². The molecule has 94 valence electrons. The summed E-state index contributed by atoms with van der Waals surface area (Å²) in [5, 5.41) is 5.16. The van der Waals surface area contributed by atoms with Gasteiger partial charge in [0.15, 0.2) is 6.29 Å². The lowest BCUT2D eigenvalue weighted by Crippen LogP contribution is -2.33. The first-order chi connectivity index (χ1) is 8.64. The summed E-state index contributed by atoms with van der Waals surface area (Å²) < 4.78 is 0. The SMILES string of the molecule is O=CC12ON=C(c3cc(Cl)cc(Cl)c3)C1CCS2. The van der Waals surface area contributed by atoms with Crippen LogP contribution in [0.15, 0.2) is 23.4 Å². The number of aldehydes is 1. The Balaban J connectivity index is 2.01. The molecule has 1 aromatic rings. The Labute approximate surface area is 118 Å². The van der Waals surface area contributed by atoms with Gasteiger partial charge in [0.2, 0.25) is 4.93 Å². The van der Waals surface area contributed by atoms with Crippen molar-refractivity contribution >= 4 is 47.0 Å². The van der Waals surface area contributed by atoms with Crippen molar-refractivity contribution in [3.8, 4) is 0 Å². The maximum absolute atomic E-state index is 11.3. The third-order valence-corrected chi connectivity index (χ3v) is 4.94. The van der Waals surface area contributed by atoms with Crippen molar-refractivity contribution in [1.29, 1.82) is 0 Å². The van der Waals surface area contributed by atoms with Gasteiger partial charge in [-0.2, -0.15) is 0 Å². The Hall–Kier alpha value is -0.710. The second-order valence-electron chi connectivity index (χ2n) is 4.25. The highest BCUT2D eigenvalue weighted by Gasteiger charge is 2.53. The molecule has 0 aliphatic carbocycles. The van der Waals surface area contributed by atoms with E-state index in [1.807, 2.05) is 0 Å². The van der Waals surface area contributed by atoms with Gasteiger partial charge in [-0.1, -0.05) is 28.4 Å². The summed E-state index contributed by atoms with van der Waals surface area (Å²) >= 11 is 13.5. The molecule has 2 unspecified atom stereocenters. The molecule has 2 heterocycles. The molecule has 0 bridgehead atoms. The monoisotopic (exact) mass is 301 g/mol. The Kier molecular flexibility index (Phi) is 3.04. The van der Waals surface area contributed by atoms with Crippen LogP contribution in [-0.2, 0) is 9.63 Å². The minimum absolute atomic E-state index is 0.0190. The van der Waals surface area contributed by atoms with Gasteiger partial charge in [0, 0.05) is 15.6 Å². The summed E-state index contributed by atoms with van der Waals surface area (Å²) in [6, 6.07) is 5.25. The van der Waals surface area contributed by atoms with Crippen molar-refractivity contribution in [3.05, 3.63) is 33.8 Å². The first-order valence-electron chi connectivity index (χ1n) is 5.47. The van der Waals surface area contributed by atoms with Gasteiger partial charge in [0.1, 0.15) is 0 Å². The predicted octanol–water partition coefficient (Wildman–Crippen LogP) is 3.38. The number of carbonyl (C=O) groups excluding carboxylic acids is 1. The van der Waals surface area contributed by atoms with Crippen LogP contribution in [0.4, 0.5) is 0 Å². The Bertz CT molecular complexity index is 529. The summed E-state index contributed by atoms with van der Waals surface area (Å²) in [5.74, 6) is 0.867. The van der Waals surface area contributed by atoms with Gasteiger partial charge < -0.3 is 4.84 Å². The highest BCUT2D eigenvalue weighted by Crippen LogP contribution is 2.48. The molecule has 2 aliphatic rings. The number of hydrogen-bond donors (Lipinski definition) is 0. The van der Waals surface area contributed by atoms with Gasteiger partial charge in [-0.3, -0.25) is 4.79 Å². The van der Waals surface area contributed by atoms with E-state index in [0.717, 1.165) is 29.7 Å². The molecule has 0 aromatic heterocycles. The van der Waals surface area contributed by atoms with Gasteiger partial charge >= 0.3 is 0 Å². The highest BCUT2D eigenvalue weighted by atomic mass is 35.5. The zero-order valence-corrected chi connectivity index (χ0v) is 11.6. The van der Waals surface area contributed by atoms with E-state index < -0.39 is 4.93 Å². The maximum Gasteiger partial charge on any atom is 0.246 e. The van der Waals surface area contributed by atoms with E-state index in [-0.39, 0.29) is 5.92 Å². The van der Waals surface area contributed by atoms with Crippen LogP contribution in [0.1, 0.15) is 12.0 Å². The molecular weight excluding hydrogens is 293 g/mol.